The number of hydrogen-bond donors (Lipinski definition) is 0. The van der Waals surface area contributed by atoms with Crippen molar-refractivity contribution >= 4 is 5.78 Å². The molecule has 0 aliphatic heterocycles. The number of ketones is 1. The summed E-state index contributed by atoms with van der Waals surface area (Å²) in [6.07, 6.45) is 1.91. The Hall–Kier alpha value is -1.05. The third-order valence-corrected chi connectivity index (χ3v) is 2.64. The second-order valence-corrected chi connectivity index (χ2v) is 3.55. The smallest absolute Gasteiger partial charge is 0.143 e. The molecule has 0 unspecified atom stereocenters. The summed E-state index contributed by atoms with van der Waals surface area (Å²) in [7, 11) is 0. The molecular weight excluding hydrogens is 152 g/mol. The monoisotopic (exact) mass is 164 g/mol. The second-order valence-electron chi connectivity index (χ2n) is 3.55. The third kappa shape index (κ3) is 0.909. The van der Waals surface area contributed by atoms with Crippen molar-refractivity contribution in [2.75, 3.05) is 0 Å². The van der Waals surface area contributed by atoms with Gasteiger partial charge in [0.2, 0.25) is 0 Å². The number of furan rings is 1. The largest absolute Gasteiger partial charge is 0.465 e. The molecule has 1 fully saturated rings. The minimum atomic E-state index is -0.242. The summed E-state index contributed by atoms with van der Waals surface area (Å²) in [4.78, 5) is 11.3. The van der Waals surface area contributed by atoms with E-state index in [0.29, 0.717) is 0 Å². The lowest BCUT2D eigenvalue weighted by molar-refractivity contribution is -0.119. The Balaban J connectivity index is 2.36. The van der Waals surface area contributed by atoms with Crippen molar-refractivity contribution in [3.8, 4) is 0 Å². The molecule has 1 aromatic rings. The van der Waals surface area contributed by atoms with E-state index in [1.165, 1.54) is 0 Å². The lowest BCUT2D eigenvalue weighted by atomic mass is 9.99. The van der Waals surface area contributed by atoms with E-state index in [1.807, 2.05) is 19.1 Å². The first-order valence-electron chi connectivity index (χ1n) is 4.23. The van der Waals surface area contributed by atoms with Crippen LogP contribution in [0.25, 0.3) is 0 Å². The zero-order chi connectivity index (χ0) is 8.77. The van der Waals surface area contributed by atoms with E-state index in [4.69, 9.17) is 4.42 Å². The molecule has 0 atom stereocenters. The van der Waals surface area contributed by atoms with Crippen LogP contribution in [-0.4, -0.2) is 5.78 Å². The summed E-state index contributed by atoms with van der Waals surface area (Å²) in [5.74, 6) is 1.97. The van der Waals surface area contributed by atoms with E-state index < -0.39 is 0 Å². The highest BCUT2D eigenvalue weighted by Gasteiger charge is 2.51. The van der Waals surface area contributed by atoms with Gasteiger partial charge in [0.05, 0.1) is 5.41 Å². The van der Waals surface area contributed by atoms with Crippen LogP contribution in [0, 0.1) is 6.92 Å². The van der Waals surface area contributed by atoms with Crippen LogP contribution in [-0.2, 0) is 10.2 Å². The fourth-order valence-corrected chi connectivity index (χ4v) is 1.59. The fraction of sp³-hybridized carbons (Fsp3) is 0.500. The minimum Gasteiger partial charge on any atom is -0.465 e. The highest BCUT2D eigenvalue weighted by molar-refractivity contribution is 5.90. The number of aryl methyl sites for hydroxylation is 1. The number of carbonyl (C=O) groups is 1. The van der Waals surface area contributed by atoms with Crippen molar-refractivity contribution < 1.29 is 9.21 Å². The van der Waals surface area contributed by atoms with E-state index in [-0.39, 0.29) is 11.2 Å². The summed E-state index contributed by atoms with van der Waals surface area (Å²) < 4.78 is 5.45. The van der Waals surface area contributed by atoms with Gasteiger partial charge in [0, 0.05) is 0 Å². The zero-order valence-electron chi connectivity index (χ0n) is 7.39. The highest BCUT2D eigenvalue weighted by atomic mass is 16.3. The highest BCUT2D eigenvalue weighted by Crippen LogP contribution is 2.49. The van der Waals surface area contributed by atoms with E-state index in [0.717, 1.165) is 24.4 Å². The molecule has 0 bridgehead atoms. The average molecular weight is 164 g/mol. The minimum absolute atomic E-state index is 0.233. The van der Waals surface area contributed by atoms with Crippen molar-refractivity contribution in [3.05, 3.63) is 23.7 Å². The van der Waals surface area contributed by atoms with Crippen LogP contribution >= 0.6 is 0 Å². The maximum absolute atomic E-state index is 11.3. The average Bonchev–Trinajstić information content (AvgIpc) is 2.71. The molecule has 1 heterocycles. The summed E-state index contributed by atoms with van der Waals surface area (Å²) in [5, 5.41) is 0. The molecule has 1 aliphatic rings. The van der Waals surface area contributed by atoms with Gasteiger partial charge in [-0.25, -0.2) is 0 Å². The van der Waals surface area contributed by atoms with Crippen LogP contribution in [0.2, 0.25) is 0 Å². The zero-order valence-corrected chi connectivity index (χ0v) is 7.39. The van der Waals surface area contributed by atoms with Gasteiger partial charge in [0.25, 0.3) is 0 Å². The molecular formula is C10H12O2. The van der Waals surface area contributed by atoms with Crippen molar-refractivity contribution in [3.63, 3.8) is 0 Å². The van der Waals surface area contributed by atoms with E-state index in [9.17, 15) is 4.79 Å². The topological polar surface area (TPSA) is 30.2 Å². The first-order valence-corrected chi connectivity index (χ1v) is 4.23. The second kappa shape index (κ2) is 2.22. The molecule has 1 saturated carbocycles. The normalized spacial score (nSPS) is 19.2. The van der Waals surface area contributed by atoms with Crippen LogP contribution in [0.4, 0.5) is 0 Å². The number of Topliss-reactive ketones (excluding diaryl/α,β-unsaturated/α-hetero) is 1. The first kappa shape index (κ1) is 7.59. The third-order valence-electron chi connectivity index (χ3n) is 2.64. The van der Waals surface area contributed by atoms with Gasteiger partial charge in [-0.1, -0.05) is 0 Å². The fourth-order valence-electron chi connectivity index (χ4n) is 1.59. The predicted octanol–water partition coefficient (Wildman–Crippen LogP) is 2.21. The van der Waals surface area contributed by atoms with Crippen molar-refractivity contribution in [2.24, 2.45) is 0 Å². The van der Waals surface area contributed by atoms with E-state index >= 15 is 0 Å². The van der Waals surface area contributed by atoms with Gasteiger partial charge in [-0.15, -0.1) is 0 Å². The van der Waals surface area contributed by atoms with Crippen LogP contribution in [0.5, 0.6) is 0 Å². The molecule has 0 amide bonds. The molecule has 64 valence electrons. The van der Waals surface area contributed by atoms with Gasteiger partial charge in [-0.3, -0.25) is 4.79 Å². The Bertz CT molecular complexity index is 318. The SMILES string of the molecule is CC(=O)C1(c2ccc(C)o2)CC1. The summed E-state index contributed by atoms with van der Waals surface area (Å²) >= 11 is 0. The molecule has 0 N–H and O–H groups in total. The first-order chi connectivity index (χ1) is 5.65. The van der Waals surface area contributed by atoms with Crippen molar-refractivity contribution in [1.82, 2.24) is 0 Å². The molecule has 0 aromatic carbocycles. The molecule has 2 nitrogen and oxygen atoms in total. The maximum atomic E-state index is 11.3. The van der Waals surface area contributed by atoms with Gasteiger partial charge >= 0.3 is 0 Å². The van der Waals surface area contributed by atoms with Gasteiger partial charge in [-0.05, 0) is 38.8 Å². The maximum Gasteiger partial charge on any atom is 0.143 e. The summed E-state index contributed by atoms with van der Waals surface area (Å²) in [6, 6.07) is 3.84. The van der Waals surface area contributed by atoms with E-state index in [2.05, 4.69) is 0 Å². The molecule has 2 rings (SSSR count). The lowest BCUT2D eigenvalue weighted by Crippen LogP contribution is -2.15. The number of hydrogen-bond acceptors (Lipinski definition) is 2. The Labute approximate surface area is 71.6 Å². The van der Waals surface area contributed by atoms with Crippen molar-refractivity contribution in [1.29, 1.82) is 0 Å². The summed E-state index contributed by atoms with van der Waals surface area (Å²) in [5.41, 5.74) is -0.242. The van der Waals surface area contributed by atoms with Gasteiger partial charge in [0.1, 0.15) is 17.3 Å². The molecule has 2 heteroatoms. The Morgan fingerprint density at radius 3 is 2.50 bits per heavy atom. The van der Waals surface area contributed by atoms with Gasteiger partial charge in [-0.2, -0.15) is 0 Å². The molecule has 1 aromatic heterocycles. The van der Waals surface area contributed by atoms with Crippen molar-refractivity contribution in [2.45, 2.75) is 32.1 Å². The molecule has 0 spiro atoms. The van der Waals surface area contributed by atoms with E-state index in [1.54, 1.807) is 6.92 Å². The van der Waals surface area contributed by atoms with Gasteiger partial charge in [0.15, 0.2) is 0 Å². The quantitative estimate of drug-likeness (QED) is 0.670. The molecule has 1 aliphatic carbocycles. The molecule has 12 heavy (non-hydrogen) atoms. The standard InChI is InChI=1S/C10H12O2/c1-7-3-4-9(12-7)10(5-6-10)8(2)11/h3-4H,5-6H2,1-2H3. The summed E-state index contributed by atoms with van der Waals surface area (Å²) in [6.45, 7) is 3.55. The molecule has 0 saturated heterocycles. The number of rotatable bonds is 2. The Morgan fingerprint density at radius 2 is 2.17 bits per heavy atom. The van der Waals surface area contributed by atoms with Crippen LogP contribution in [0.3, 0.4) is 0 Å². The van der Waals surface area contributed by atoms with Crippen LogP contribution in [0.1, 0.15) is 31.3 Å². The lowest BCUT2D eigenvalue weighted by Gasteiger charge is -2.05. The predicted molar refractivity (Wildman–Crippen MR) is 45.0 cm³/mol. The van der Waals surface area contributed by atoms with Crippen LogP contribution in [0.15, 0.2) is 16.5 Å². The Morgan fingerprint density at radius 1 is 1.50 bits per heavy atom. The van der Waals surface area contributed by atoms with Gasteiger partial charge < -0.3 is 4.42 Å². The Kier molecular flexibility index (Phi) is 1.40. The van der Waals surface area contributed by atoms with Crippen LogP contribution < -0.4 is 0 Å². The number of carbonyl (C=O) groups excluding carboxylic acids is 1. The molecule has 0 radical (unpaired) electrons.